The van der Waals surface area contributed by atoms with Gasteiger partial charge in [-0.2, -0.15) is 4.57 Å². The van der Waals surface area contributed by atoms with Crippen LogP contribution in [0.5, 0.6) is 0 Å². The van der Waals surface area contributed by atoms with Gasteiger partial charge in [-0.3, -0.25) is 0 Å². The Morgan fingerprint density at radius 3 is 2.60 bits per heavy atom. The second-order valence-corrected chi connectivity index (χ2v) is 9.01. The van der Waals surface area contributed by atoms with Gasteiger partial charge in [-0.15, -0.1) is 0 Å². The number of nitrogens with zero attached hydrogens (tertiary/aromatic N) is 1. The molecular weight excluding hydrogens is 369 g/mol. The number of hydrogen-bond donors (Lipinski definition) is 0. The maximum atomic E-state index is 15.0. The smallest absolute Gasteiger partial charge is 0.207 e. The Kier molecular flexibility index (Phi) is 6.22. The lowest BCUT2D eigenvalue weighted by Crippen LogP contribution is -2.56. The van der Waals surface area contributed by atoms with Crippen molar-refractivity contribution in [3.8, 4) is 11.3 Å². The van der Waals surface area contributed by atoms with E-state index in [1.54, 1.807) is 0 Å². The van der Waals surface area contributed by atoms with E-state index in [1.807, 2.05) is 6.07 Å². The van der Waals surface area contributed by atoms with Crippen molar-refractivity contribution in [3.05, 3.63) is 65.6 Å². The Balaban J connectivity index is 1.98. The highest BCUT2D eigenvalue weighted by atomic mass is 19.1. The zero-order valence-corrected chi connectivity index (χ0v) is 18.8. The molecule has 2 aromatic carbocycles. The van der Waals surface area contributed by atoms with E-state index in [-0.39, 0.29) is 11.4 Å². The number of hydrogen-bond acceptors (Lipinski definition) is 0. The molecule has 0 bridgehead atoms. The summed E-state index contributed by atoms with van der Waals surface area (Å²) < 4.78 is 17.6. The Hall–Kier alpha value is -2.22. The topological polar surface area (TPSA) is 3.88 Å². The third-order valence-electron chi connectivity index (χ3n) is 7.18. The molecule has 2 heterocycles. The molecule has 2 heteroatoms. The summed E-state index contributed by atoms with van der Waals surface area (Å²) in [6, 6.07) is 15.0. The molecule has 1 nitrogen and oxygen atoms in total. The minimum Gasteiger partial charge on any atom is -0.207 e. The third-order valence-corrected chi connectivity index (χ3v) is 7.18. The molecular formula is C28H35FN+. The van der Waals surface area contributed by atoms with E-state index in [4.69, 9.17) is 0 Å². The third kappa shape index (κ3) is 3.66. The molecule has 0 saturated heterocycles. The summed E-state index contributed by atoms with van der Waals surface area (Å²) in [5.41, 5.74) is 4.66. The van der Waals surface area contributed by atoms with Crippen LogP contribution in [0.4, 0.5) is 4.39 Å². The van der Waals surface area contributed by atoms with Gasteiger partial charge >= 0.3 is 0 Å². The molecule has 1 atom stereocenters. The summed E-state index contributed by atoms with van der Waals surface area (Å²) in [6.07, 6.45) is 11.9. The molecule has 158 valence electrons. The van der Waals surface area contributed by atoms with E-state index >= 15 is 4.39 Å². The number of aryl methyl sites for hydroxylation is 2. The lowest BCUT2D eigenvalue weighted by Gasteiger charge is -2.27. The van der Waals surface area contributed by atoms with Gasteiger partial charge in [0.05, 0.1) is 10.9 Å². The monoisotopic (exact) mass is 404 g/mol. The van der Waals surface area contributed by atoms with Crippen molar-refractivity contribution in [1.29, 1.82) is 0 Å². The number of rotatable bonds is 7. The van der Waals surface area contributed by atoms with Crippen LogP contribution >= 0.6 is 0 Å². The second kappa shape index (κ2) is 8.88. The summed E-state index contributed by atoms with van der Waals surface area (Å²) >= 11 is 0. The molecule has 0 saturated carbocycles. The summed E-state index contributed by atoms with van der Waals surface area (Å²) in [6.45, 7) is 6.79. The number of unbranched alkanes of at least 4 members (excludes halogenated alkanes) is 2. The Bertz CT molecular complexity index is 1040. The average Bonchev–Trinajstić information content (AvgIpc) is 2.90. The zero-order chi connectivity index (χ0) is 21.1. The maximum Gasteiger partial charge on any atom is 0.221 e. The Morgan fingerprint density at radius 1 is 1.00 bits per heavy atom. The highest BCUT2D eigenvalue weighted by Crippen LogP contribution is 2.39. The van der Waals surface area contributed by atoms with Crippen LogP contribution in [0, 0.1) is 5.82 Å². The van der Waals surface area contributed by atoms with E-state index in [9.17, 15) is 0 Å². The van der Waals surface area contributed by atoms with E-state index in [1.165, 1.54) is 27.6 Å². The highest BCUT2D eigenvalue weighted by Gasteiger charge is 2.42. The highest BCUT2D eigenvalue weighted by molar-refractivity contribution is 5.93. The first-order valence-corrected chi connectivity index (χ1v) is 11.9. The molecule has 0 radical (unpaired) electrons. The molecule has 1 aromatic heterocycles. The lowest BCUT2D eigenvalue weighted by atomic mass is 9.84. The predicted octanol–water partition coefficient (Wildman–Crippen LogP) is 7.52. The number of pyridine rings is 1. The normalized spacial score (nSPS) is 18.1. The van der Waals surface area contributed by atoms with Crippen LogP contribution in [0.15, 0.2) is 48.7 Å². The van der Waals surface area contributed by atoms with Crippen LogP contribution in [-0.4, -0.2) is 0 Å². The average molecular weight is 405 g/mol. The minimum absolute atomic E-state index is 0.0175. The van der Waals surface area contributed by atoms with Crippen molar-refractivity contribution in [2.24, 2.45) is 0 Å². The molecule has 1 aliphatic rings. The summed E-state index contributed by atoms with van der Waals surface area (Å²) in [5, 5.41) is 2.54. The molecule has 0 N–H and O–H groups in total. The fourth-order valence-corrected chi connectivity index (χ4v) is 5.45. The first-order valence-electron chi connectivity index (χ1n) is 11.9. The van der Waals surface area contributed by atoms with Crippen molar-refractivity contribution in [2.75, 3.05) is 0 Å². The van der Waals surface area contributed by atoms with Crippen molar-refractivity contribution >= 4 is 10.8 Å². The summed E-state index contributed by atoms with van der Waals surface area (Å²) in [7, 11) is 0. The van der Waals surface area contributed by atoms with Crippen LogP contribution in [0.1, 0.15) is 76.8 Å². The molecule has 0 aliphatic carbocycles. The predicted molar refractivity (Wildman–Crippen MR) is 124 cm³/mol. The van der Waals surface area contributed by atoms with Gasteiger partial charge in [0.1, 0.15) is 5.82 Å². The van der Waals surface area contributed by atoms with Gasteiger partial charge in [0.25, 0.3) is 0 Å². The molecule has 0 amide bonds. The van der Waals surface area contributed by atoms with Gasteiger partial charge in [-0.25, -0.2) is 4.39 Å². The molecule has 3 aromatic rings. The fraction of sp³-hybridized carbons (Fsp3) is 0.464. The molecule has 1 aliphatic heterocycles. The summed E-state index contributed by atoms with van der Waals surface area (Å²) in [5.74, 6) is -0.0175. The van der Waals surface area contributed by atoms with Crippen LogP contribution in [0.25, 0.3) is 22.0 Å². The zero-order valence-electron chi connectivity index (χ0n) is 18.8. The van der Waals surface area contributed by atoms with Gasteiger partial charge < -0.3 is 0 Å². The molecule has 0 spiro atoms. The molecule has 0 fully saturated rings. The Labute approximate surface area is 181 Å². The lowest BCUT2D eigenvalue weighted by molar-refractivity contribution is -0.756. The number of fused-ring (bicyclic) bond motifs is 5. The molecule has 4 rings (SSSR count). The van der Waals surface area contributed by atoms with E-state index < -0.39 is 0 Å². The van der Waals surface area contributed by atoms with Gasteiger partial charge in [-0.05, 0) is 60.4 Å². The van der Waals surface area contributed by atoms with E-state index in [2.05, 4.69) is 67.9 Å². The first kappa shape index (κ1) is 21.0. The van der Waals surface area contributed by atoms with Crippen LogP contribution in [0.2, 0.25) is 0 Å². The largest absolute Gasteiger partial charge is 0.221 e. The Morgan fingerprint density at radius 2 is 1.83 bits per heavy atom. The molecule has 1 unspecified atom stereocenters. The van der Waals surface area contributed by atoms with Gasteiger partial charge in [0.15, 0.2) is 11.7 Å². The first-order chi connectivity index (χ1) is 14.6. The van der Waals surface area contributed by atoms with Crippen LogP contribution < -0.4 is 4.57 Å². The fourth-order valence-electron chi connectivity index (χ4n) is 5.45. The number of benzene rings is 2. The van der Waals surface area contributed by atoms with E-state index in [0.29, 0.717) is 0 Å². The van der Waals surface area contributed by atoms with Gasteiger partial charge in [-0.1, -0.05) is 51.8 Å². The standard InChI is InChI=1S/C28H35FN/c1-4-7-8-12-23-19-25-22(20-26(23)29)14-17-28(6-3,16-5-2)30-18-15-21-11-9-10-13-24(21)27(25)30/h9-11,13,15,18-20H,4-8,12,14,16-17H2,1-3H3/q+1. The SMILES string of the molecule is CCCCCc1cc2c(cc1F)CCC(CC)(CCC)[n+]1ccc3ccccc3c1-2. The number of aromatic nitrogens is 1. The van der Waals surface area contributed by atoms with Crippen LogP contribution in [-0.2, 0) is 18.4 Å². The number of halogens is 1. The van der Waals surface area contributed by atoms with E-state index in [0.717, 1.165) is 63.4 Å². The second-order valence-electron chi connectivity index (χ2n) is 9.01. The van der Waals surface area contributed by atoms with Crippen molar-refractivity contribution in [2.45, 2.75) is 84.1 Å². The summed E-state index contributed by atoms with van der Waals surface area (Å²) in [4.78, 5) is 0. The van der Waals surface area contributed by atoms with Gasteiger partial charge in [0, 0.05) is 25.3 Å². The van der Waals surface area contributed by atoms with Crippen molar-refractivity contribution in [1.82, 2.24) is 0 Å². The van der Waals surface area contributed by atoms with Crippen molar-refractivity contribution in [3.63, 3.8) is 0 Å². The quantitative estimate of drug-likeness (QED) is 0.283. The minimum atomic E-state index is -0.0175. The van der Waals surface area contributed by atoms with Gasteiger partial charge in [0.2, 0.25) is 5.69 Å². The maximum absolute atomic E-state index is 15.0. The van der Waals surface area contributed by atoms with Crippen LogP contribution in [0.3, 0.4) is 0 Å². The molecule has 30 heavy (non-hydrogen) atoms. The van der Waals surface area contributed by atoms with Crippen molar-refractivity contribution < 1.29 is 8.96 Å².